The molecule has 0 amide bonds. The SMILES string of the molecule is Cc1cc2c(NCCc3nnc(-c4ccccc4)o3)nccn2n1. The summed E-state index contributed by atoms with van der Waals surface area (Å²) in [6, 6.07) is 11.7. The highest BCUT2D eigenvalue weighted by Crippen LogP contribution is 2.18. The minimum atomic E-state index is 0.539. The lowest BCUT2D eigenvalue weighted by atomic mass is 10.2. The first-order valence-electron chi connectivity index (χ1n) is 7.72. The molecular weight excluding hydrogens is 304 g/mol. The van der Waals surface area contributed by atoms with E-state index in [1.807, 2.05) is 54.0 Å². The number of rotatable bonds is 5. The molecule has 0 aliphatic heterocycles. The Hall–Kier alpha value is -3.22. The molecule has 0 bridgehead atoms. The predicted octanol–water partition coefficient (Wildman–Crippen LogP) is 2.74. The Morgan fingerprint density at radius 2 is 2.04 bits per heavy atom. The van der Waals surface area contributed by atoms with E-state index in [1.54, 1.807) is 6.20 Å². The molecule has 4 rings (SSSR count). The second kappa shape index (κ2) is 6.11. The summed E-state index contributed by atoms with van der Waals surface area (Å²) >= 11 is 0. The van der Waals surface area contributed by atoms with Gasteiger partial charge in [-0.25, -0.2) is 9.50 Å². The van der Waals surface area contributed by atoms with Gasteiger partial charge in [0.05, 0.1) is 5.69 Å². The number of hydrogen-bond donors (Lipinski definition) is 1. The fourth-order valence-electron chi connectivity index (χ4n) is 2.52. The molecule has 4 aromatic rings. The normalized spacial score (nSPS) is 11.0. The van der Waals surface area contributed by atoms with Gasteiger partial charge in [-0.1, -0.05) is 18.2 Å². The van der Waals surface area contributed by atoms with Crippen LogP contribution in [0.2, 0.25) is 0 Å². The van der Waals surface area contributed by atoms with Crippen molar-refractivity contribution in [2.75, 3.05) is 11.9 Å². The lowest BCUT2D eigenvalue weighted by molar-refractivity contribution is 0.509. The van der Waals surface area contributed by atoms with E-state index in [0.29, 0.717) is 24.7 Å². The Morgan fingerprint density at radius 1 is 1.17 bits per heavy atom. The van der Waals surface area contributed by atoms with Crippen LogP contribution < -0.4 is 5.32 Å². The van der Waals surface area contributed by atoms with Crippen LogP contribution in [0.4, 0.5) is 5.82 Å². The molecule has 1 N–H and O–H groups in total. The first-order chi connectivity index (χ1) is 11.8. The number of hydrogen-bond acceptors (Lipinski definition) is 6. The Kier molecular flexibility index (Phi) is 3.66. The summed E-state index contributed by atoms with van der Waals surface area (Å²) in [5, 5.41) is 15.9. The summed E-state index contributed by atoms with van der Waals surface area (Å²) in [5.74, 6) is 1.93. The van der Waals surface area contributed by atoms with Gasteiger partial charge in [-0.05, 0) is 25.1 Å². The summed E-state index contributed by atoms with van der Waals surface area (Å²) in [6.07, 6.45) is 4.18. The Balaban J connectivity index is 1.43. The third-order valence-corrected chi connectivity index (χ3v) is 3.63. The second-order valence-electron chi connectivity index (χ2n) is 5.44. The number of fused-ring (bicyclic) bond motifs is 1. The highest BCUT2D eigenvalue weighted by atomic mass is 16.4. The summed E-state index contributed by atoms with van der Waals surface area (Å²) in [6.45, 7) is 2.60. The van der Waals surface area contributed by atoms with Crippen molar-refractivity contribution in [2.45, 2.75) is 13.3 Å². The molecule has 0 aliphatic carbocycles. The smallest absolute Gasteiger partial charge is 0.247 e. The average Bonchev–Trinajstić information content (AvgIpc) is 3.22. The minimum Gasteiger partial charge on any atom is -0.421 e. The van der Waals surface area contributed by atoms with Gasteiger partial charge in [0.25, 0.3) is 0 Å². The molecule has 7 nitrogen and oxygen atoms in total. The molecule has 0 radical (unpaired) electrons. The van der Waals surface area contributed by atoms with Gasteiger partial charge in [0, 0.05) is 30.9 Å². The molecule has 0 saturated heterocycles. The molecule has 0 unspecified atom stereocenters. The van der Waals surface area contributed by atoms with Crippen LogP contribution in [-0.2, 0) is 6.42 Å². The van der Waals surface area contributed by atoms with Crippen molar-refractivity contribution < 1.29 is 4.42 Å². The van der Waals surface area contributed by atoms with Crippen LogP contribution in [0.15, 0.2) is 53.2 Å². The summed E-state index contributed by atoms with van der Waals surface area (Å²) in [7, 11) is 0. The van der Waals surface area contributed by atoms with Gasteiger partial charge >= 0.3 is 0 Å². The zero-order valence-electron chi connectivity index (χ0n) is 13.2. The van der Waals surface area contributed by atoms with Crippen LogP contribution in [0, 0.1) is 6.92 Å². The quantitative estimate of drug-likeness (QED) is 0.609. The maximum Gasteiger partial charge on any atom is 0.247 e. The highest BCUT2D eigenvalue weighted by Gasteiger charge is 2.09. The maximum atomic E-state index is 5.70. The van der Waals surface area contributed by atoms with Crippen molar-refractivity contribution in [1.29, 1.82) is 0 Å². The van der Waals surface area contributed by atoms with Crippen molar-refractivity contribution >= 4 is 11.3 Å². The average molecular weight is 320 g/mol. The van der Waals surface area contributed by atoms with Crippen LogP contribution in [0.25, 0.3) is 17.0 Å². The van der Waals surface area contributed by atoms with Crippen LogP contribution in [0.1, 0.15) is 11.6 Å². The first-order valence-corrected chi connectivity index (χ1v) is 7.72. The van der Waals surface area contributed by atoms with E-state index in [-0.39, 0.29) is 0 Å². The van der Waals surface area contributed by atoms with Crippen molar-refractivity contribution in [3.8, 4) is 11.5 Å². The molecule has 0 spiro atoms. The highest BCUT2D eigenvalue weighted by molar-refractivity contribution is 5.67. The molecule has 1 aromatic carbocycles. The van der Waals surface area contributed by atoms with E-state index in [1.165, 1.54) is 0 Å². The molecule has 0 atom stereocenters. The zero-order chi connectivity index (χ0) is 16.4. The number of benzene rings is 1. The number of nitrogens with zero attached hydrogens (tertiary/aromatic N) is 5. The number of anilines is 1. The van der Waals surface area contributed by atoms with Crippen molar-refractivity contribution in [2.24, 2.45) is 0 Å². The topological polar surface area (TPSA) is 81.1 Å². The van der Waals surface area contributed by atoms with E-state index in [0.717, 1.165) is 22.6 Å². The maximum absolute atomic E-state index is 5.70. The first kappa shape index (κ1) is 14.4. The fourth-order valence-corrected chi connectivity index (χ4v) is 2.52. The minimum absolute atomic E-state index is 0.539. The molecular formula is C17H16N6O. The third-order valence-electron chi connectivity index (χ3n) is 3.63. The van der Waals surface area contributed by atoms with Gasteiger partial charge in [-0.15, -0.1) is 10.2 Å². The second-order valence-corrected chi connectivity index (χ2v) is 5.44. The van der Waals surface area contributed by atoms with E-state index in [2.05, 4.69) is 25.6 Å². The zero-order valence-corrected chi connectivity index (χ0v) is 13.2. The van der Waals surface area contributed by atoms with E-state index >= 15 is 0 Å². The number of aromatic nitrogens is 5. The van der Waals surface area contributed by atoms with E-state index in [4.69, 9.17) is 4.42 Å². The van der Waals surface area contributed by atoms with Gasteiger partial charge < -0.3 is 9.73 Å². The van der Waals surface area contributed by atoms with Gasteiger partial charge in [0.15, 0.2) is 5.82 Å². The standard InChI is InChI=1S/C17H16N6O/c1-12-11-14-16(19-9-10-23(14)22-12)18-8-7-15-20-21-17(24-15)13-5-3-2-4-6-13/h2-6,9-11H,7-8H2,1H3,(H,18,19). The van der Waals surface area contributed by atoms with Gasteiger partial charge in [-0.2, -0.15) is 5.10 Å². The van der Waals surface area contributed by atoms with Gasteiger partial charge in [-0.3, -0.25) is 0 Å². The molecule has 0 fully saturated rings. The largest absolute Gasteiger partial charge is 0.421 e. The molecule has 120 valence electrons. The summed E-state index contributed by atoms with van der Waals surface area (Å²) in [5.41, 5.74) is 2.83. The van der Waals surface area contributed by atoms with Crippen molar-refractivity contribution in [1.82, 2.24) is 24.8 Å². The van der Waals surface area contributed by atoms with Gasteiger partial charge in [0.2, 0.25) is 11.8 Å². The third kappa shape index (κ3) is 2.83. The molecule has 24 heavy (non-hydrogen) atoms. The van der Waals surface area contributed by atoms with E-state index < -0.39 is 0 Å². The Morgan fingerprint density at radius 3 is 2.92 bits per heavy atom. The van der Waals surface area contributed by atoms with Crippen LogP contribution in [0.5, 0.6) is 0 Å². The lowest BCUT2D eigenvalue weighted by Gasteiger charge is -2.04. The van der Waals surface area contributed by atoms with Crippen LogP contribution in [0.3, 0.4) is 0 Å². The van der Waals surface area contributed by atoms with Crippen molar-refractivity contribution in [3.63, 3.8) is 0 Å². The number of nitrogens with one attached hydrogen (secondary N) is 1. The number of aryl methyl sites for hydroxylation is 1. The molecule has 0 saturated carbocycles. The van der Waals surface area contributed by atoms with Crippen molar-refractivity contribution in [3.05, 3.63) is 60.4 Å². The monoisotopic (exact) mass is 320 g/mol. The fraction of sp³-hybridized carbons (Fsp3) is 0.176. The van der Waals surface area contributed by atoms with Crippen LogP contribution in [-0.4, -0.2) is 31.3 Å². The summed E-state index contributed by atoms with van der Waals surface area (Å²) in [4.78, 5) is 4.37. The summed E-state index contributed by atoms with van der Waals surface area (Å²) < 4.78 is 7.51. The Bertz CT molecular complexity index is 960. The Labute approximate surface area is 138 Å². The predicted molar refractivity (Wildman–Crippen MR) is 89.7 cm³/mol. The lowest BCUT2D eigenvalue weighted by Crippen LogP contribution is -2.07. The molecule has 3 aromatic heterocycles. The molecule has 7 heteroatoms. The van der Waals surface area contributed by atoms with Gasteiger partial charge in [0.1, 0.15) is 5.52 Å². The van der Waals surface area contributed by atoms with E-state index in [9.17, 15) is 0 Å². The van der Waals surface area contributed by atoms with Crippen LogP contribution >= 0.6 is 0 Å². The molecule has 0 aliphatic rings. The molecule has 3 heterocycles.